The van der Waals surface area contributed by atoms with E-state index in [1.165, 1.54) is 0 Å². The van der Waals surface area contributed by atoms with Crippen LogP contribution >= 0.6 is 0 Å². The Bertz CT molecular complexity index is 1050. The Morgan fingerprint density at radius 2 is 1.97 bits per heavy atom. The molecule has 1 aliphatic heterocycles. The van der Waals surface area contributed by atoms with Crippen LogP contribution in [-0.2, 0) is 7.05 Å². The molecule has 2 N–H and O–H groups in total. The van der Waals surface area contributed by atoms with Gasteiger partial charge in [0.05, 0.1) is 0 Å². The molecule has 0 amide bonds. The molecule has 0 aromatic carbocycles. The molecule has 1 aliphatic rings. The van der Waals surface area contributed by atoms with Crippen molar-refractivity contribution in [3.05, 3.63) is 58.2 Å². The maximum absolute atomic E-state index is 12.0. The summed E-state index contributed by atoms with van der Waals surface area (Å²) in [6.45, 7) is 5.26. The number of aromatic nitrogens is 5. The van der Waals surface area contributed by atoms with Gasteiger partial charge in [-0.2, -0.15) is 0 Å². The van der Waals surface area contributed by atoms with E-state index >= 15 is 0 Å². The van der Waals surface area contributed by atoms with Crippen LogP contribution in [0.1, 0.15) is 36.0 Å². The number of anilines is 1. The second-order valence-corrected chi connectivity index (χ2v) is 7.70. The van der Waals surface area contributed by atoms with Gasteiger partial charge in [-0.25, -0.2) is 15.0 Å². The second-order valence-electron chi connectivity index (χ2n) is 7.70. The van der Waals surface area contributed by atoms with Crippen molar-refractivity contribution in [2.24, 2.45) is 13.0 Å². The highest BCUT2D eigenvalue weighted by Gasteiger charge is 2.28. The molecule has 0 bridgehead atoms. The zero-order chi connectivity index (χ0) is 20.5. The van der Waals surface area contributed by atoms with Crippen molar-refractivity contribution in [1.29, 1.82) is 0 Å². The van der Waals surface area contributed by atoms with Crippen molar-refractivity contribution >= 4 is 5.82 Å². The van der Waals surface area contributed by atoms with Crippen LogP contribution in [0, 0.1) is 19.8 Å². The van der Waals surface area contributed by atoms with Crippen LogP contribution in [0.2, 0.25) is 0 Å². The number of nitrogens with zero attached hydrogens (tertiary/aromatic N) is 5. The smallest absolute Gasteiger partial charge is 0.254 e. The number of aliphatic hydroxyl groups excluding tert-OH is 1. The highest BCUT2D eigenvalue weighted by atomic mass is 16.3. The molecule has 8 nitrogen and oxygen atoms in total. The lowest BCUT2D eigenvalue weighted by Crippen LogP contribution is -2.36. The Hall–Kier alpha value is -3.00. The summed E-state index contributed by atoms with van der Waals surface area (Å²) in [4.78, 5) is 30.3. The second kappa shape index (κ2) is 7.79. The zero-order valence-corrected chi connectivity index (χ0v) is 17.0. The molecule has 1 fully saturated rings. The molecule has 4 rings (SSSR count). The average molecular weight is 394 g/mol. The fourth-order valence-corrected chi connectivity index (χ4v) is 3.81. The summed E-state index contributed by atoms with van der Waals surface area (Å²) in [5.74, 6) is 2.34. The summed E-state index contributed by atoms with van der Waals surface area (Å²) in [7, 11) is 1.91. The number of nitrogens with one attached hydrogen (secondary N) is 1. The predicted molar refractivity (Wildman–Crippen MR) is 111 cm³/mol. The molecule has 3 aromatic heterocycles. The van der Waals surface area contributed by atoms with Crippen molar-refractivity contribution in [2.75, 3.05) is 18.0 Å². The van der Waals surface area contributed by atoms with Crippen LogP contribution in [-0.4, -0.2) is 42.7 Å². The Balaban J connectivity index is 1.43. The van der Waals surface area contributed by atoms with Gasteiger partial charge in [-0.1, -0.05) is 0 Å². The zero-order valence-electron chi connectivity index (χ0n) is 17.0. The highest BCUT2D eigenvalue weighted by Crippen LogP contribution is 2.31. The Kier molecular flexibility index (Phi) is 5.19. The van der Waals surface area contributed by atoms with E-state index in [0.717, 1.165) is 48.8 Å². The molecule has 0 radical (unpaired) electrons. The van der Waals surface area contributed by atoms with Gasteiger partial charge in [0.25, 0.3) is 5.56 Å². The van der Waals surface area contributed by atoms with Crippen LogP contribution in [0.25, 0.3) is 11.4 Å². The van der Waals surface area contributed by atoms with E-state index in [1.54, 1.807) is 19.3 Å². The molecule has 1 atom stereocenters. The molecule has 4 heterocycles. The number of hydrogen-bond acceptors (Lipinski definition) is 6. The van der Waals surface area contributed by atoms with Gasteiger partial charge in [-0.15, -0.1) is 0 Å². The van der Waals surface area contributed by atoms with Crippen molar-refractivity contribution < 1.29 is 5.11 Å². The fraction of sp³-hybridized carbons (Fsp3) is 0.429. The summed E-state index contributed by atoms with van der Waals surface area (Å²) < 4.78 is 1.88. The molecule has 1 saturated heterocycles. The van der Waals surface area contributed by atoms with Crippen LogP contribution in [0.3, 0.4) is 0 Å². The minimum Gasteiger partial charge on any atom is -0.385 e. The van der Waals surface area contributed by atoms with Crippen LogP contribution in [0.15, 0.2) is 35.5 Å². The first kappa shape index (κ1) is 19.3. The first-order chi connectivity index (χ1) is 13.9. The highest BCUT2D eigenvalue weighted by molar-refractivity contribution is 5.56. The van der Waals surface area contributed by atoms with Crippen LogP contribution in [0.4, 0.5) is 5.82 Å². The topological polar surface area (TPSA) is 99.9 Å². The number of hydrogen-bond donors (Lipinski definition) is 2. The van der Waals surface area contributed by atoms with E-state index in [4.69, 9.17) is 0 Å². The molecule has 8 heteroatoms. The van der Waals surface area contributed by atoms with Crippen LogP contribution in [0.5, 0.6) is 0 Å². The summed E-state index contributed by atoms with van der Waals surface area (Å²) >= 11 is 0. The minimum atomic E-state index is -0.542. The number of rotatable bonds is 4. The standard InChI is InChI=1S/C21H26N6O2/c1-13-14(2)24-19(25-21(13)29)16-4-5-17(23-12-16)27-9-6-15(7-10-27)18(28)20-22-8-11-26(20)3/h4-5,8,11-12,15,18,28H,6-7,9-10H2,1-3H3,(H,24,25,29). The first-order valence-electron chi connectivity index (χ1n) is 9.88. The van der Waals surface area contributed by atoms with Gasteiger partial charge in [0, 0.05) is 55.5 Å². The number of piperidine rings is 1. The van der Waals surface area contributed by atoms with Gasteiger partial charge in [0.2, 0.25) is 0 Å². The monoisotopic (exact) mass is 394 g/mol. The van der Waals surface area contributed by atoms with E-state index < -0.39 is 6.10 Å². The maximum Gasteiger partial charge on any atom is 0.254 e. The van der Waals surface area contributed by atoms with E-state index in [0.29, 0.717) is 11.4 Å². The molecule has 0 saturated carbocycles. The van der Waals surface area contributed by atoms with E-state index in [-0.39, 0.29) is 11.5 Å². The van der Waals surface area contributed by atoms with Gasteiger partial charge in [-0.05, 0) is 44.7 Å². The molecule has 0 aliphatic carbocycles. The Morgan fingerprint density at radius 1 is 1.21 bits per heavy atom. The lowest BCUT2D eigenvalue weighted by molar-refractivity contribution is 0.0824. The fourth-order valence-electron chi connectivity index (χ4n) is 3.81. The maximum atomic E-state index is 12.0. The SMILES string of the molecule is Cc1nc(-c2ccc(N3CCC(C(O)c4nccn4C)CC3)nc2)[nH]c(=O)c1C. The predicted octanol–water partition coefficient (Wildman–Crippen LogP) is 2.13. The summed E-state index contributed by atoms with van der Waals surface area (Å²) in [6, 6.07) is 3.89. The van der Waals surface area contributed by atoms with Crippen molar-refractivity contribution in [3.63, 3.8) is 0 Å². The lowest BCUT2D eigenvalue weighted by Gasteiger charge is -2.34. The molecule has 3 aromatic rings. The van der Waals surface area contributed by atoms with Gasteiger partial charge in [-0.3, -0.25) is 4.79 Å². The molecule has 1 unspecified atom stereocenters. The summed E-state index contributed by atoms with van der Waals surface area (Å²) in [5, 5.41) is 10.6. The molecular formula is C21H26N6O2. The van der Waals surface area contributed by atoms with Crippen molar-refractivity contribution in [2.45, 2.75) is 32.8 Å². The van der Waals surface area contributed by atoms with Crippen LogP contribution < -0.4 is 10.5 Å². The third kappa shape index (κ3) is 3.80. The minimum absolute atomic E-state index is 0.120. The number of aryl methyl sites for hydroxylation is 2. The Labute approximate surface area is 169 Å². The third-order valence-electron chi connectivity index (χ3n) is 5.85. The van der Waals surface area contributed by atoms with Gasteiger partial charge < -0.3 is 19.6 Å². The van der Waals surface area contributed by atoms with E-state index in [1.807, 2.05) is 36.9 Å². The molecular weight excluding hydrogens is 368 g/mol. The van der Waals surface area contributed by atoms with Gasteiger partial charge in [0.1, 0.15) is 23.6 Å². The third-order valence-corrected chi connectivity index (χ3v) is 5.85. The van der Waals surface area contributed by atoms with Crippen molar-refractivity contribution in [3.8, 4) is 11.4 Å². The number of imidazole rings is 1. The number of H-pyrrole nitrogens is 1. The van der Waals surface area contributed by atoms with E-state index in [2.05, 4.69) is 24.8 Å². The Morgan fingerprint density at radius 3 is 2.55 bits per heavy atom. The molecule has 29 heavy (non-hydrogen) atoms. The molecule has 152 valence electrons. The lowest BCUT2D eigenvalue weighted by atomic mass is 9.90. The summed E-state index contributed by atoms with van der Waals surface area (Å²) in [5.41, 5.74) is 2.02. The van der Waals surface area contributed by atoms with Gasteiger partial charge >= 0.3 is 0 Å². The van der Waals surface area contributed by atoms with Crippen molar-refractivity contribution in [1.82, 2.24) is 24.5 Å². The number of pyridine rings is 1. The van der Waals surface area contributed by atoms with Gasteiger partial charge in [0.15, 0.2) is 0 Å². The van der Waals surface area contributed by atoms with E-state index in [9.17, 15) is 9.90 Å². The normalized spacial score (nSPS) is 16.2. The average Bonchev–Trinajstić information content (AvgIpc) is 3.17. The molecule has 0 spiro atoms. The quantitative estimate of drug-likeness (QED) is 0.703. The largest absolute Gasteiger partial charge is 0.385 e. The number of aliphatic hydroxyl groups is 1. The number of aromatic amines is 1. The summed E-state index contributed by atoms with van der Waals surface area (Å²) in [6.07, 6.45) is 6.54. The first-order valence-corrected chi connectivity index (χ1v) is 9.88.